The fourth-order valence-corrected chi connectivity index (χ4v) is 5.15. The molecule has 2 N–H and O–H groups in total. The Labute approximate surface area is 125 Å². The number of nitrogens with one attached hydrogen (secondary N) is 1. The second-order valence-electron chi connectivity index (χ2n) is 4.94. The van der Waals surface area contributed by atoms with Gasteiger partial charge in [0.05, 0.1) is 0 Å². The van der Waals surface area contributed by atoms with Crippen molar-refractivity contribution in [2.75, 3.05) is 5.32 Å². The maximum atomic E-state index is 12.0. The lowest BCUT2D eigenvalue weighted by atomic mass is 10.1. The molecule has 0 saturated heterocycles. The number of benzene rings is 1. The molecular weight excluding hydrogens is 291 g/mol. The SMILES string of the molecule is CCC(C)SP(=O)(O)/N=C(\C)Nc1ccc(C)cc1C. The van der Waals surface area contributed by atoms with Crippen molar-refractivity contribution >= 4 is 29.6 Å². The van der Waals surface area contributed by atoms with Crippen molar-refractivity contribution in [2.24, 2.45) is 4.76 Å². The van der Waals surface area contributed by atoms with Crippen LogP contribution < -0.4 is 5.32 Å². The summed E-state index contributed by atoms with van der Waals surface area (Å²) in [5, 5.41) is 3.20. The van der Waals surface area contributed by atoms with Crippen LogP contribution in [0.3, 0.4) is 0 Å². The van der Waals surface area contributed by atoms with Gasteiger partial charge in [0.2, 0.25) is 0 Å². The summed E-state index contributed by atoms with van der Waals surface area (Å²) in [6, 6.07) is 6.00. The molecule has 0 saturated carbocycles. The van der Waals surface area contributed by atoms with Crippen molar-refractivity contribution in [1.29, 1.82) is 0 Å². The monoisotopic (exact) mass is 314 g/mol. The van der Waals surface area contributed by atoms with E-state index in [1.54, 1.807) is 6.92 Å². The summed E-state index contributed by atoms with van der Waals surface area (Å²) >= 11 is 1.03. The van der Waals surface area contributed by atoms with Gasteiger partial charge in [0.15, 0.2) is 0 Å². The Morgan fingerprint density at radius 3 is 2.70 bits per heavy atom. The van der Waals surface area contributed by atoms with Gasteiger partial charge in [-0.3, -0.25) is 4.57 Å². The number of rotatable bonds is 5. The first-order valence-corrected chi connectivity index (χ1v) is 9.75. The number of aryl methyl sites for hydroxylation is 2. The largest absolute Gasteiger partial charge is 0.371 e. The molecule has 0 aliphatic carbocycles. The topological polar surface area (TPSA) is 61.7 Å². The Bertz CT molecular complexity index is 546. The predicted molar refractivity (Wildman–Crippen MR) is 89.8 cm³/mol. The highest BCUT2D eigenvalue weighted by molar-refractivity contribution is 8.56. The van der Waals surface area contributed by atoms with E-state index < -0.39 is 6.72 Å². The van der Waals surface area contributed by atoms with Crippen molar-refractivity contribution in [2.45, 2.75) is 46.3 Å². The summed E-state index contributed by atoms with van der Waals surface area (Å²) in [5.74, 6) is 0.457. The van der Waals surface area contributed by atoms with Crippen LogP contribution in [0.2, 0.25) is 0 Å². The standard InChI is InChI=1S/C14H23N2O2PS/c1-6-12(4)20-19(17,18)16-13(5)15-14-8-7-10(2)9-11(14)3/h7-9,12H,6H2,1-5H3,(H2,15,16,17,18). The second-order valence-corrected chi connectivity index (χ2v) is 9.20. The molecule has 2 unspecified atom stereocenters. The summed E-state index contributed by atoms with van der Waals surface area (Å²) in [6.45, 7) is 6.11. The molecule has 112 valence electrons. The molecule has 6 heteroatoms. The molecule has 2 atom stereocenters. The van der Waals surface area contributed by atoms with Crippen LogP contribution >= 0.6 is 18.1 Å². The minimum atomic E-state index is -3.54. The molecule has 0 aliphatic rings. The fraction of sp³-hybridized carbons (Fsp3) is 0.500. The van der Waals surface area contributed by atoms with Gasteiger partial charge >= 0.3 is 6.72 Å². The molecule has 0 heterocycles. The molecule has 1 aromatic carbocycles. The Morgan fingerprint density at radius 2 is 2.15 bits per heavy atom. The van der Waals surface area contributed by atoms with Gasteiger partial charge in [-0.25, -0.2) is 0 Å². The zero-order valence-electron chi connectivity index (χ0n) is 12.7. The highest BCUT2D eigenvalue weighted by Gasteiger charge is 2.21. The van der Waals surface area contributed by atoms with Gasteiger partial charge in [-0.2, -0.15) is 4.76 Å². The maximum absolute atomic E-state index is 12.0. The van der Waals surface area contributed by atoms with E-state index in [2.05, 4.69) is 16.1 Å². The highest BCUT2D eigenvalue weighted by Crippen LogP contribution is 2.58. The third kappa shape index (κ3) is 5.70. The Hall–Kier alpha value is -0.770. The van der Waals surface area contributed by atoms with Crippen LogP contribution in [0.1, 0.15) is 38.3 Å². The summed E-state index contributed by atoms with van der Waals surface area (Å²) in [7, 11) is 0. The van der Waals surface area contributed by atoms with E-state index >= 15 is 0 Å². The van der Waals surface area contributed by atoms with Gasteiger partial charge in [-0.05, 0) is 50.2 Å². The molecule has 0 aliphatic heterocycles. The number of hydrogen-bond acceptors (Lipinski definition) is 2. The van der Waals surface area contributed by atoms with E-state index in [0.29, 0.717) is 5.84 Å². The van der Waals surface area contributed by atoms with Crippen molar-refractivity contribution in [3.63, 3.8) is 0 Å². The van der Waals surface area contributed by atoms with E-state index in [4.69, 9.17) is 0 Å². The summed E-state index contributed by atoms with van der Waals surface area (Å²) in [4.78, 5) is 9.87. The van der Waals surface area contributed by atoms with Crippen LogP contribution in [0, 0.1) is 13.8 Å². The lowest BCUT2D eigenvalue weighted by Crippen LogP contribution is -2.08. The Kier molecular flexibility index (Phi) is 6.31. The van der Waals surface area contributed by atoms with E-state index in [9.17, 15) is 9.46 Å². The van der Waals surface area contributed by atoms with Crippen LogP contribution in [0.4, 0.5) is 5.69 Å². The average molecular weight is 314 g/mol. The zero-order chi connectivity index (χ0) is 15.3. The zero-order valence-corrected chi connectivity index (χ0v) is 14.4. The second kappa shape index (κ2) is 7.30. The first-order valence-electron chi connectivity index (χ1n) is 6.66. The fourth-order valence-electron chi connectivity index (χ4n) is 1.70. The van der Waals surface area contributed by atoms with Gasteiger partial charge in [0, 0.05) is 10.9 Å². The molecule has 0 radical (unpaired) electrons. The number of anilines is 1. The lowest BCUT2D eigenvalue weighted by molar-refractivity contribution is 0.498. The molecule has 1 aromatic rings. The molecule has 0 bridgehead atoms. The Balaban J connectivity index is 2.81. The average Bonchev–Trinajstić information content (AvgIpc) is 2.31. The molecule has 0 fully saturated rings. The summed E-state index contributed by atoms with van der Waals surface area (Å²) in [6.07, 6.45) is 0.842. The smallest absolute Gasteiger partial charge is 0.344 e. The van der Waals surface area contributed by atoms with E-state index in [1.807, 2.05) is 39.8 Å². The Morgan fingerprint density at radius 1 is 1.50 bits per heavy atom. The third-order valence-electron chi connectivity index (χ3n) is 2.87. The quantitative estimate of drug-likeness (QED) is 0.467. The van der Waals surface area contributed by atoms with E-state index in [0.717, 1.165) is 29.1 Å². The molecule has 20 heavy (non-hydrogen) atoms. The summed E-state index contributed by atoms with van der Waals surface area (Å²) < 4.78 is 15.9. The van der Waals surface area contributed by atoms with E-state index in [1.165, 1.54) is 5.56 Å². The van der Waals surface area contributed by atoms with Crippen molar-refractivity contribution < 1.29 is 9.46 Å². The van der Waals surface area contributed by atoms with Crippen molar-refractivity contribution in [3.05, 3.63) is 29.3 Å². The minimum Gasteiger partial charge on any atom is -0.344 e. The lowest BCUT2D eigenvalue weighted by Gasteiger charge is -2.13. The molecule has 0 aromatic heterocycles. The van der Waals surface area contributed by atoms with Crippen LogP contribution in [-0.4, -0.2) is 16.0 Å². The highest BCUT2D eigenvalue weighted by atomic mass is 32.7. The first-order chi connectivity index (χ1) is 9.23. The van der Waals surface area contributed by atoms with Gasteiger partial charge in [-0.15, -0.1) is 0 Å². The number of hydrogen-bond donors (Lipinski definition) is 2. The number of amidine groups is 1. The van der Waals surface area contributed by atoms with Gasteiger partial charge in [-0.1, -0.05) is 31.5 Å². The van der Waals surface area contributed by atoms with E-state index in [-0.39, 0.29) is 5.25 Å². The molecular formula is C14H23N2O2PS. The maximum Gasteiger partial charge on any atom is 0.371 e. The van der Waals surface area contributed by atoms with Gasteiger partial charge in [0.25, 0.3) is 0 Å². The molecule has 0 amide bonds. The van der Waals surface area contributed by atoms with Crippen LogP contribution in [0.25, 0.3) is 0 Å². The summed E-state index contributed by atoms with van der Waals surface area (Å²) in [5.41, 5.74) is 3.18. The van der Waals surface area contributed by atoms with Gasteiger partial charge in [0.1, 0.15) is 5.84 Å². The van der Waals surface area contributed by atoms with Crippen LogP contribution in [0.15, 0.2) is 23.0 Å². The van der Waals surface area contributed by atoms with Gasteiger partial charge < -0.3 is 10.2 Å². The van der Waals surface area contributed by atoms with Crippen molar-refractivity contribution in [3.8, 4) is 0 Å². The molecule has 1 rings (SSSR count). The molecule has 4 nitrogen and oxygen atoms in total. The first kappa shape index (κ1) is 17.3. The number of nitrogens with zero attached hydrogens (tertiary/aromatic N) is 1. The van der Waals surface area contributed by atoms with Crippen LogP contribution in [0.5, 0.6) is 0 Å². The minimum absolute atomic E-state index is 0.114. The van der Waals surface area contributed by atoms with Crippen molar-refractivity contribution in [1.82, 2.24) is 0 Å². The predicted octanol–water partition coefficient (Wildman–Crippen LogP) is 4.77. The molecule has 0 spiro atoms. The van der Waals surface area contributed by atoms with Crippen LogP contribution in [-0.2, 0) is 4.57 Å². The third-order valence-corrected chi connectivity index (χ3v) is 6.54. The normalized spacial score (nSPS) is 16.6.